The largest absolute Gasteiger partial charge is 0.483 e. The number of nitro groups is 1. The first-order valence-corrected chi connectivity index (χ1v) is 7.89. The highest BCUT2D eigenvalue weighted by Crippen LogP contribution is 2.18. The van der Waals surface area contributed by atoms with Gasteiger partial charge in [0.15, 0.2) is 6.61 Å². The maximum absolute atomic E-state index is 11.7. The maximum atomic E-state index is 11.7. The van der Waals surface area contributed by atoms with Crippen LogP contribution in [0.2, 0.25) is 0 Å². The van der Waals surface area contributed by atoms with Gasteiger partial charge in [0.1, 0.15) is 5.75 Å². The topological polar surface area (TPSA) is 93.8 Å². The highest BCUT2D eigenvalue weighted by Gasteiger charge is 2.04. The van der Waals surface area contributed by atoms with Gasteiger partial charge in [-0.2, -0.15) is 5.10 Å². The molecule has 7 heteroatoms. The summed E-state index contributed by atoms with van der Waals surface area (Å²) >= 11 is 0. The second-order valence-corrected chi connectivity index (χ2v) is 5.58. The molecule has 0 aliphatic rings. The molecule has 0 aliphatic carbocycles. The molecule has 0 heterocycles. The fourth-order valence-corrected chi connectivity index (χ4v) is 2.19. The van der Waals surface area contributed by atoms with Gasteiger partial charge < -0.3 is 4.74 Å². The first-order chi connectivity index (χ1) is 12.5. The Labute approximate surface area is 151 Å². The van der Waals surface area contributed by atoms with Crippen LogP contribution in [0.1, 0.15) is 16.7 Å². The van der Waals surface area contributed by atoms with Crippen LogP contribution in [0.4, 0.5) is 5.69 Å². The summed E-state index contributed by atoms with van der Waals surface area (Å²) < 4.78 is 5.45. The van der Waals surface area contributed by atoms with E-state index in [1.807, 2.05) is 32.0 Å². The van der Waals surface area contributed by atoms with Crippen molar-refractivity contribution in [2.75, 3.05) is 6.61 Å². The van der Waals surface area contributed by atoms with Crippen molar-refractivity contribution < 1.29 is 14.5 Å². The third-order valence-electron chi connectivity index (χ3n) is 3.41. The number of amides is 1. The zero-order valence-corrected chi connectivity index (χ0v) is 14.5. The smallest absolute Gasteiger partial charge is 0.277 e. The van der Waals surface area contributed by atoms with Crippen molar-refractivity contribution in [2.45, 2.75) is 13.8 Å². The summed E-state index contributed by atoms with van der Waals surface area (Å²) in [6, 6.07) is 11.9. The standard InChI is InChI=1S/C19H19N3O4/c1-14-8-9-18(15(2)11-14)26-13-19(23)21-20-10-4-6-16-5-3-7-17(12-16)22(24)25/h3-12H,13H2,1-2H3,(H,21,23)/b6-4+,20-10+. The molecule has 0 unspecified atom stereocenters. The van der Waals surface area contributed by atoms with Crippen LogP contribution in [-0.2, 0) is 4.79 Å². The molecular weight excluding hydrogens is 334 g/mol. The number of aryl methyl sites for hydroxylation is 2. The van der Waals surface area contributed by atoms with Crippen molar-refractivity contribution in [3.63, 3.8) is 0 Å². The highest BCUT2D eigenvalue weighted by atomic mass is 16.6. The number of allylic oxidation sites excluding steroid dienone is 1. The van der Waals surface area contributed by atoms with E-state index in [9.17, 15) is 14.9 Å². The number of benzene rings is 2. The number of rotatable bonds is 7. The second kappa shape index (κ2) is 9.12. The second-order valence-electron chi connectivity index (χ2n) is 5.58. The molecule has 0 aliphatic heterocycles. The summed E-state index contributed by atoms with van der Waals surface area (Å²) in [6.07, 6.45) is 4.60. The van der Waals surface area contributed by atoms with E-state index in [0.717, 1.165) is 11.1 Å². The first-order valence-electron chi connectivity index (χ1n) is 7.89. The van der Waals surface area contributed by atoms with Crippen LogP contribution >= 0.6 is 0 Å². The van der Waals surface area contributed by atoms with Crippen molar-refractivity contribution in [1.82, 2.24) is 5.43 Å². The molecule has 7 nitrogen and oxygen atoms in total. The van der Waals surface area contributed by atoms with E-state index in [-0.39, 0.29) is 18.2 Å². The van der Waals surface area contributed by atoms with Gasteiger partial charge in [0, 0.05) is 18.3 Å². The van der Waals surface area contributed by atoms with Crippen LogP contribution < -0.4 is 10.2 Å². The zero-order valence-electron chi connectivity index (χ0n) is 14.5. The molecule has 0 fully saturated rings. The molecule has 2 rings (SSSR count). The lowest BCUT2D eigenvalue weighted by atomic mass is 10.1. The number of hydrazone groups is 1. The average Bonchev–Trinajstić information content (AvgIpc) is 2.61. The molecule has 0 radical (unpaired) electrons. The van der Waals surface area contributed by atoms with Crippen LogP contribution in [0.25, 0.3) is 6.08 Å². The maximum Gasteiger partial charge on any atom is 0.277 e. The lowest BCUT2D eigenvalue weighted by Crippen LogP contribution is -2.24. The van der Waals surface area contributed by atoms with Crippen molar-refractivity contribution in [2.24, 2.45) is 5.10 Å². The Morgan fingerprint density at radius 1 is 1.27 bits per heavy atom. The predicted molar refractivity (Wildman–Crippen MR) is 100 cm³/mol. The fourth-order valence-electron chi connectivity index (χ4n) is 2.19. The molecule has 0 saturated heterocycles. The van der Waals surface area contributed by atoms with Gasteiger partial charge in [0.2, 0.25) is 0 Å². The van der Waals surface area contributed by atoms with Crippen LogP contribution in [-0.4, -0.2) is 23.7 Å². The summed E-state index contributed by atoms with van der Waals surface area (Å²) in [5, 5.41) is 14.5. The van der Waals surface area contributed by atoms with Gasteiger partial charge in [-0.1, -0.05) is 35.9 Å². The third-order valence-corrected chi connectivity index (χ3v) is 3.41. The molecule has 26 heavy (non-hydrogen) atoms. The molecule has 0 atom stereocenters. The summed E-state index contributed by atoms with van der Waals surface area (Å²) in [6.45, 7) is 3.76. The van der Waals surface area contributed by atoms with Crippen LogP contribution in [0.15, 0.2) is 53.6 Å². The van der Waals surface area contributed by atoms with Crippen LogP contribution in [0, 0.1) is 24.0 Å². The number of nitrogens with one attached hydrogen (secondary N) is 1. The van der Waals surface area contributed by atoms with Gasteiger partial charge in [-0.05, 0) is 37.1 Å². The number of nitrogens with zero attached hydrogens (tertiary/aromatic N) is 2. The third kappa shape index (κ3) is 5.86. The molecule has 0 saturated carbocycles. The van der Waals surface area contributed by atoms with E-state index in [2.05, 4.69) is 10.5 Å². The minimum Gasteiger partial charge on any atom is -0.483 e. The quantitative estimate of drug-likeness (QED) is 0.469. The van der Waals surface area contributed by atoms with Crippen LogP contribution in [0.5, 0.6) is 5.75 Å². The average molecular weight is 353 g/mol. The Morgan fingerprint density at radius 2 is 2.08 bits per heavy atom. The van der Waals surface area contributed by atoms with Gasteiger partial charge in [0.05, 0.1) is 4.92 Å². The monoisotopic (exact) mass is 353 g/mol. The van der Waals surface area contributed by atoms with Gasteiger partial charge in [0.25, 0.3) is 11.6 Å². The summed E-state index contributed by atoms with van der Waals surface area (Å²) in [4.78, 5) is 21.9. The van der Waals surface area contributed by atoms with E-state index in [1.54, 1.807) is 24.3 Å². The summed E-state index contributed by atoms with van der Waals surface area (Å²) in [5.41, 5.74) is 5.11. The number of carbonyl (C=O) groups is 1. The molecule has 0 aromatic heterocycles. The Balaban J connectivity index is 1.79. The van der Waals surface area contributed by atoms with Crippen molar-refractivity contribution in [3.8, 4) is 5.75 Å². The molecule has 2 aromatic rings. The number of hydrogen-bond donors (Lipinski definition) is 1. The van der Waals surface area contributed by atoms with Gasteiger partial charge >= 0.3 is 0 Å². The molecule has 0 bridgehead atoms. The fraction of sp³-hybridized carbons (Fsp3) is 0.158. The van der Waals surface area contributed by atoms with Gasteiger partial charge in [-0.3, -0.25) is 14.9 Å². The molecule has 2 aromatic carbocycles. The Hall–Kier alpha value is -3.48. The number of ether oxygens (including phenoxy) is 1. The summed E-state index contributed by atoms with van der Waals surface area (Å²) in [5.74, 6) is 0.269. The first kappa shape index (κ1) is 18.9. The van der Waals surface area contributed by atoms with E-state index < -0.39 is 4.92 Å². The number of nitro benzene ring substituents is 1. The van der Waals surface area contributed by atoms with E-state index >= 15 is 0 Å². The highest BCUT2D eigenvalue weighted by molar-refractivity contribution is 5.82. The lowest BCUT2D eigenvalue weighted by Gasteiger charge is -2.08. The lowest BCUT2D eigenvalue weighted by molar-refractivity contribution is -0.384. The molecular formula is C19H19N3O4. The minimum atomic E-state index is -0.457. The number of hydrogen-bond acceptors (Lipinski definition) is 5. The van der Waals surface area contributed by atoms with Crippen molar-refractivity contribution in [3.05, 3.63) is 75.3 Å². The molecule has 134 valence electrons. The van der Waals surface area contributed by atoms with Crippen LogP contribution in [0.3, 0.4) is 0 Å². The predicted octanol–water partition coefficient (Wildman–Crippen LogP) is 3.41. The van der Waals surface area contributed by atoms with Gasteiger partial charge in [-0.25, -0.2) is 5.43 Å². The summed E-state index contributed by atoms with van der Waals surface area (Å²) in [7, 11) is 0. The van der Waals surface area contributed by atoms with Crippen molar-refractivity contribution >= 4 is 23.9 Å². The minimum absolute atomic E-state index is 0.0148. The Morgan fingerprint density at radius 3 is 2.81 bits per heavy atom. The normalized spacial score (nSPS) is 11.0. The van der Waals surface area contributed by atoms with E-state index in [0.29, 0.717) is 11.3 Å². The Kier molecular flexibility index (Phi) is 6.61. The number of non-ortho nitro benzene ring substituents is 1. The zero-order chi connectivity index (χ0) is 18.9. The molecule has 0 spiro atoms. The Bertz CT molecular complexity index is 860. The van der Waals surface area contributed by atoms with Crippen molar-refractivity contribution in [1.29, 1.82) is 0 Å². The number of carbonyl (C=O) groups excluding carboxylic acids is 1. The van der Waals surface area contributed by atoms with E-state index in [1.165, 1.54) is 18.3 Å². The SMILES string of the molecule is Cc1ccc(OCC(=O)N/N=C/C=C/c2cccc([N+](=O)[O-])c2)c(C)c1. The molecule has 1 amide bonds. The molecule has 1 N–H and O–H groups in total. The van der Waals surface area contributed by atoms with Gasteiger partial charge in [-0.15, -0.1) is 0 Å². The van der Waals surface area contributed by atoms with E-state index in [4.69, 9.17) is 4.74 Å².